The first-order valence-corrected chi connectivity index (χ1v) is 6.45. The van der Waals surface area contributed by atoms with Crippen LogP contribution in [-0.2, 0) is 11.3 Å². The molecule has 2 N–H and O–H groups in total. The average Bonchev–Trinajstić information content (AvgIpc) is 2.25. The molecule has 0 aliphatic rings. The largest absolute Gasteiger partial charge is 0.350 e. The minimum atomic E-state index is -0.222. The Hall–Kier alpha value is -1.06. The number of hydrogen-bond acceptors (Lipinski definition) is 2. The van der Waals surface area contributed by atoms with E-state index in [0.29, 0.717) is 6.54 Å². The van der Waals surface area contributed by atoms with Gasteiger partial charge in [0.15, 0.2) is 0 Å². The molecule has 0 aromatic heterocycles. The third-order valence-electron chi connectivity index (χ3n) is 2.42. The topological polar surface area (TPSA) is 41.1 Å². The lowest BCUT2D eigenvalue weighted by Gasteiger charge is -2.23. The highest BCUT2D eigenvalue weighted by molar-refractivity contribution is 6.30. The van der Waals surface area contributed by atoms with E-state index < -0.39 is 0 Å². The van der Waals surface area contributed by atoms with Gasteiger partial charge in [0, 0.05) is 17.1 Å². The zero-order valence-electron chi connectivity index (χ0n) is 11.4. The van der Waals surface area contributed by atoms with Crippen molar-refractivity contribution in [1.29, 1.82) is 0 Å². The van der Waals surface area contributed by atoms with Crippen molar-refractivity contribution in [2.75, 3.05) is 0 Å². The van der Waals surface area contributed by atoms with Crippen LogP contribution in [0.4, 0.5) is 0 Å². The fourth-order valence-electron chi connectivity index (χ4n) is 1.44. The molecule has 1 aromatic carbocycles. The van der Waals surface area contributed by atoms with Crippen LogP contribution in [0.1, 0.15) is 33.3 Å². The number of carbonyl (C=O) groups is 1. The van der Waals surface area contributed by atoms with Gasteiger partial charge in [-0.05, 0) is 45.4 Å². The fourth-order valence-corrected chi connectivity index (χ4v) is 1.57. The summed E-state index contributed by atoms with van der Waals surface area (Å²) in [5.74, 6) is 0.0106. The highest BCUT2D eigenvalue weighted by Crippen LogP contribution is 2.09. The standard InChI is InChI=1S/C14H21ClN2O/c1-10(13(18)17-14(2,3)4)16-9-11-5-7-12(15)8-6-11/h5-8,10,16H,9H2,1-4H3,(H,17,18). The third kappa shape index (κ3) is 5.52. The first-order valence-electron chi connectivity index (χ1n) is 6.08. The van der Waals surface area contributed by atoms with Gasteiger partial charge < -0.3 is 10.6 Å². The summed E-state index contributed by atoms with van der Waals surface area (Å²) in [4.78, 5) is 11.8. The molecule has 4 heteroatoms. The molecule has 0 saturated carbocycles. The molecule has 1 unspecified atom stereocenters. The number of halogens is 1. The van der Waals surface area contributed by atoms with Crippen LogP contribution in [0.2, 0.25) is 5.02 Å². The summed E-state index contributed by atoms with van der Waals surface area (Å²) >= 11 is 5.81. The van der Waals surface area contributed by atoms with E-state index in [1.54, 1.807) is 0 Å². The monoisotopic (exact) mass is 268 g/mol. The Morgan fingerprint density at radius 3 is 2.33 bits per heavy atom. The van der Waals surface area contributed by atoms with E-state index in [-0.39, 0.29) is 17.5 Å². The van der Waals surface area contributed by atoms with E-state index in [0.717, 1.165) is 10.6 Å². The van der Waals surface area contributed by atoms with Gasteiger partial charge in [0.05, 0.1) is 6.04 Å². The lowest BCUT2D eigenvalue weighted by atomic mass is 10.1. The molecule has 1 amide bonds. The number of amides is 1. The lowest BCUT2D eigenvalue weighted by Crippen LogP contribution is -2.49. The smallest absolute Gasteiger partial charge is 0.237 e. The molecule has 100 valence electrons. The highest BCUT2D eigenvalue weighted by atomic mass is 35.5. The van der Waals surface area contributed by atoms with E-state index in [4.69, 9.17) is 11.6 Å². The molecule has 1 atom stereocenters. The Morgan fingerprint density at radius 1 is 1.28 bits per heavy atom. The highest BCUT2D eigenvalue weighted by Gasteiger charge is 2.18. The van der Waals surface area contributed by atoms with E-state index >= 15 is 0 Å². The minimum absolute atomic E-state index is 0.0106. The number of rotatable bonds is 4. The van der Waals surface area contributed by atoms with Crippen LogP contribution in [-0.4, -0.2) is 17.5 Å². The first-order chi connectivity index (χ1) is 8.28. The number of carbonyl (C=O) groups excluding carboxylic acids is 1. The molecule has 0 spiro atoms. The molecular formula is C14H21ClN2O. The summed E-state index contributed by atoms with van der Waals surface area (Å²) < 4.78 is 0. The van der Waals surface area contributed by atoms with Gasteiger partial charge in [-0.3, -0.25) is 4.79 Å². The second kappa shape index (κ2) is 6.21. The van der Waals surface area contributed by atoms with Crippen LogP contribution < -0.4 is 10.6 Å². The molecular weight excluding hydrogens is 248 g/mol. The Balaban J connectivity index is 2.43. The van der Waals surface area contributed by atoms with Crippen LogP contribution in [0.25, 0.3) is 0 Å². The van der Waals surface area contributed by atoms with Crippen molar-refractivity contribution in [2.24, 2.45) is 0 Å². The molecule has 0 saturated heterocycles. The van der Waals surface area contributed by atoms with Gasteiger partial charge in [-0.15, -0.1) is 0 Å². The van der Waals surface area contributed by atoms with E-state index in [2.05, 4.69) is 10.6 Å². The van der Waals surface area contributed by atoms with Gasteiger partial charge in [-0.2, -0.15) is 0 Å². The molecule has 0 aliphatic heterocycles. The number of nitrogens with one attached hydrogen (secondary N) is 2. The summed E-state index contributed by atoms with van der Waals surface area (Å²) in [7, 11) is 0. The molecule has 3 nitrogen and oxygen atoms in total. The van der Waals surface area contributed by atoms with Gasteiger partial charge in [0.1, 0.15) is 0 Å². The molecule has 0 heterocycles. The maximum absolute atomic E-state index is 11.8. The van der Waals surface area contributed by atoms with E-state index in [1.165, 1.54) is 0 Å². The first kappa shape index (κ1) is 15.0. The number of hydrogen-bond donors (Lipinski definition) is 2. The molecule has 0 fully saturated rings. The molecule has 0 radical (unpaired) electrons. The number of benzene rings is 1. The van der Waals surface area contributed by atoms with E-state index in [1.807, 2.05) is 52.0 Å². The Labute approximate surface area is 114 Å². The van der Waals surface area contributed by atoms with Gasteiger partial charge in [-0.25, -0.2) is 0 Å². The van der Waals surface area contributed by atoms with Crippen molar-refractivity contribution in [1.82, 2.24) is 10.6 Å². The second-order valence-corrected chi connectivity index (χ2v) is 5.90. The van der Waals surface area contributed by atoms with Crippen molar-refractivity contribution >= 4 is 17.5 Å². The Bertz CT molecular complexity index is 395. The second-order valence-electron chi connectivity index (χ2n) is 5.47. The average molecular weight is 269 g/mol. The van der Waals surface area contributed by atoms with Crippen molar-refractivity contribution in [2.45, 2.75) is 45.8 Å². The molecule has 18 heavy (non-hydrogen) atoms. The zero-order chi connectivity index (χ0) is 13.8. The van der Waals surface area contributed by atoms with E-state index in [9.17, 15) is 4.79 Å². The summed E-state index contributed by atoms with van der Waals surface area (Å²) in [6, 6.07) is 7.37. The van der Waals surface area contributed by atoms with Gasteiger partial charge in [-0.1, -0.05) is 23.7 Å². The van der Waals surface area contributed by atoms with Crippen LogP contribution in [0.15, 0.2) is 24.3 Å². The molecule has 1 aromatic rings. The van der Waals surface area contributed by atoms with Gasteiger partial charge in [0.2, 0.25) is 5.91 Å². The predicted octanol–water partition coefficient (Wildman–Crippen LogP) is 2.73. The normalized spacial score (nSPS) is 13.2. The SMILES string of the molecule is CC(NCc1ccc(Cl)cc1)C(=O)NC(C)(C)C. The van der Waals surface area contributed by atoms with Gasteiger partial charge in [0.25, 0.3) is 0 Å². The maximum atomic E-state index is 11.8. The molecule has 1 rings (SSSR count). The summed E-state index contributed by atoms with van der Waals surface area (Å²) in [6.07, 6.45) is 0. The van der Waals surface area contributed by atoms with Crippen molar-refractivity contribution in [3.63, 3.8) is 0 Å². The lowest BCUT2D eigenvalue weighted by molar-refractivity contribution is -0.124. The summed E-state index contributed by atoms with van der Waals surface area (Å²) in [5, 5.41) is 6.85. The minimum Gasteiger partial charge on any atom is -0.350 e. The summed E-state index contributed by atoms with van der Waals surface area (Å²) in [5.41, 5.74) is 0.905. The third-order valence-corrected chi connectivity index (χ3v) is 2.67. The van der Waals surface area contributed by atoms with Crippen molar-refractivity contribution in [3.05, 3.63) is 34.9 Å². The zero-order valence-corrected chi connectivity index (χ0v) is 12.1. The molecule has 0 bridgehead atoms. The quantitative estimate of drug-likeness (QED) is 0.882. The van der Waals surface area contributed by atoms with Crippen molar-refractivity contribution < 1.29 is 4.79 Å². The van der Waals surface area contributed by atoms with Crippen LogP contribution in [0.3, 0.4) is 0 Å². The Kier molecular flexibility index (Phi) is 5.17. The predicted molar refractivity (Wildman–Crippen MR) is 75.6 cm³/mol. The van der Waals surface area contributed by atoms with Crippen LogP contribution >= 0.6 is 11.6 Å². The summed E-state index contributed by atoms with van der Waals surface area (Å²) in [6.45, 7) is 8.41. The van der Waals surface area contributed by atoms with Crippen molar-refractivity contribution in [3.8, 4) is 0 Å². The Morgan fingerprint density at radius 2 is 1.83 bits per heavy atom. The van der Waals surface area contributed by atoms with Crippen LogP contribution in [0, 0.1) is 0 Å². The van der Waals surface area contributed by atoms with Gasteiger partial charge >= 0.3 is 0 Å². The molecule has 0 aliphatic carbocycles. The van der Waals surface area contributed by atoms with Crippen LogP contribution in [0.5, 0.6) is 0 Å². The fraction of sp³-hybridized carbons (Fsp3) is 0.500. The maximum Gasteiger partial charge on any atom is 0.237 e.